The van der Waals surface area contributed by atoms with Crippen molar-refractivity contribution in [3.8, 4) is 0 Å². The van der Waals surface area contributed by atoms with Crippen LogP contribution in [0.2, 0.25) is 0 Å². The fourth-order valence-electron chi connectivity index (χ4n) is 1.72. The molecule has 1 N–H and O–H groups in total. The molecule has 2 aromatic rings. The lowest BCUT2D eigenvalue weighted by Gasteiger charge is -2.11. The highest BCUT2D eigenvalue weighted by Crippen LogP contribution is 2.14. The van der Waals surface area contributed by atoms with Gasteiger partial charge in [-0.25, -0.2) is 0 Å². The van der Waals surface area contributed by atoms with Crippen molar-refractivity contribution in [3.63, 3.8) is 0 Å². The third-order valence-corrected chi connectivity index (χ3v) is 2.68. The molecule has 0 bridgehead atoms. The van der Waals surface area contributed by atoms with Crippen LogP contribution in [-0.2, 0) is 0 Å². The molecule has 0 aliphatic rings. The lowest BCUT2D eigenvalue weighted by atomic mass is 10.1. The molecule has 0 aromatic heterocycles. The fourth-order valence-corrected chi connectivity index (χ4v) is 1.72. The molecule has 2 rings (SSSR count). The van der Waals surface area contributed by atoms with E-state index in [1.54, 1.807) is 42.5 Å². The van der Waals surface area contributed by atoms with Gasteiger partial charge in [-0.1, -0.05) is 48.5 Å². The molecule has 0 amide bonds. The molecule has 0 unspecified atom stereocenters. The van der Waals surface area contributed by atoms with Crippen LogP contribution in [-0.4, -0.2) is 18.3 Å². The number of benzene rings is 2. The average molecular weight is 254 g/mol. The minimum atomic E-state index is -1.27. The normalized spacial score (nSPS) is 9.89. The molecule has 0 saturated heterocycles. The zero-order valence-corrected chi connectivity index (χ0v) is 10.1. The van der Waals surface area contributed by atoms with E-state index < -0.39 is 5.97 Å². The first-order valence-corrected chi connectivity index (χ1v) is 5.81. The topological polar surface area (TPSA) is 69.2 Å². The van der Waals surface area contributed by atoms with Gasteiger partial charge in [-0.15, -0.1) is 0 Å². The monoisotopic (exact) mass is 254 g/mol. The number of carbonyl (C=O) groups is 2. The maximum absolute atomic E-state index is 11.9. The summed E-state index contributed by atoms with van der Waals surface area (Å²) in [5, 5.41) is 13.7. The van der Waals surface area contributed by atoms with Crippen LogP contribution in [0.25, 0.3) is 0 Å². The Kier molecular flexibility index (Phi) is 3.93. The van der Waals surface area contributed by atoms with Crippen LogP contribution in [0, 0.1) is 0 Å². The molecule has 2 aromatic carbocycles. The van der Waals surface area contributed by atoms with Crippen LogP contribution in [0.3, 0.4) is 0 Å². The molecular formula is C15H12NO3-. The van der Waals surface area contributed by atoms with Crippen molar-refractivity contribution in [1.29, 1.82) is 0 Å². The van der Waals surface area contributed by atoms with E-state index >= 15 is 0 Å². The molecule has 0 atom stereocenters. The molecule has 0 aliphatic heterocycles. The van der Waals surface area contributed by atoms with Crippen LogP contribution < -0.4 is 10.4 Å². The number of carboxylic acid groups (broad SMARTS) is 1. The summed E-state index contributed by atoms with van der Waals surface area (Å²) in [6, 6.07) is 15.2. The Labute approximate surface area is 110 Å². The number of aromatic carboxylic acids is 1. The summed E-state index contributed by atoms with van der Waals surface area (Å²) < 4.78 is 0. The van der Waals surface area contributed by atoms with Crippen LogP contribution in [0.15, 0.2) is 54.6 Å². The second kappa shape index (κ2) is 5.82. The number of ketones is 1. The minimum absolute atomic E-state index is 0.0360. The van der Waals surface area contributed by atoms with E-state index in [2.05, 4.69) is 5.32 Å². The van der Waals surface area contributed by atoms with E-state index in [4.69, 9.17) is 0 Å². The van der Waals surface area contributed by atoms with Gasteiger partial charge in [0.15, 0.2) is 5.78 Å². The van der Waals surface area contributed by atoms with Gasteiger partial charge in [-0.05, 0) is 6.07 Å². The molecule has 4 nitrogen and oxygen atoms in total. The number of hydrogen-bond acceptors (Lipinski definition) is 4. The predicted octanol–water partition coefficient (Wildman–Crippen LogP) is 1.34. The van der Waals surface area contributed by atoms with Gasteiger partial charge in [0.05, 0.1) is 12.5 Å². The first-order chi connectivity index (χ1) is 9.18. The SMILES string of the molecule is O=C(CNc1ccccc1C(=O)[O-])c1ccccc1. The van der Waals surface area contributed by atoms with Crippen LogP contribution in [0.5, 0.6) is 0 Å². The third-order valence-electron chi connectivity index (χ3n) is 2.68. The number of carbonyl (C=O) groups excluding carboxylic acids is 2. The quantitative estimate of drug-likeness (QED) is 0.817. The van der Waals surface area contributed by atoms with Crippen molar-refractivity contribution in [3.05, 3.63) is 65.7 Å². The summed E-state index contributed by atoms with van der Waals surface area (Å²) in [5.41, 5.74) is 1.01. The number of Topliss-reactive ketones (excluding diaryl/α,β-unsaturated/α-hetero) is 1. The zero-order valence-electron chi connectivity index (χ0n) is 10.1. The smallest absolute Gasteiger partial charge is 0.181 e. The molecule has 0 spiro atoms. The molecule has 96 valence electrons. The first kappa shape index (κ1) is 12.8. The third kappa shape index (κ3) is 3.19. The van der Waals surface area contributed by atoms with Crippen molar-refractivity contribution in [2.75, 3.05) is 11.9 Å². The number of hydrogen-bond donors (Lipinski definition) is 1. The van der Waals surface area contributed by atoms with E-state index in [9.17, 15) is 14.7 Å². The summed E-state index contributed by atoms with van der Waals surface area (Å²) in [6.07, 6.45) is 0. The van der Waals surface area contributed by atoms with Crippen molar-refractivity contribution < 1.29 is 14.7 Å². The lowest BCUT2D eigenvalue weighted by molar-refractivity contribution is -0.254. The van der Waals surface area contributed by atoms with Crippen LogP contribution in [0.1, 0.15) is 20.7 Å². The Hall–Kier alpha value is -2.62. The average Bonchev–Trinajstić information content (AvgIpc) is 2.46. The maximum Gasteiger partial charge on any atom is 0.181 e. The van der Waals surface area contributed by atoms with Gasteiger partial charge in [-0.2, -0.15) is 0 Å². The van der Waals surface area contributed by atoms with Crippen molar-refractivity contribution in [2.24, 2.45) is 0 Å². The Morgan fingerprint density at radius 2 is 1.58 bits per heavy atom. The van der Waals surface area contributed by atoms with E-state index in [1.165, 1.54) is 6.07 Å². The van der Waals surface area contributed by atoms with Gasteiger partial charge in [-0.3, -0.25) is 4.79 Å². The summed E-state index contributed by atoms with van der Waals surface area (Å²) in [7, 11) is 0. The molecular weight excluding hydrogens is 242 g/mol. The number of carboxylic acids is 1. The molecule has 0 heterocycles. The fraction of sp³-hybridized carbons (Fsp3) is 0.0667. The highest BCUT2D eigenvalue weighted by molar-refractivity contribution is 6.00. The van der Waals surface area contributed by atoms with Crippen molar-refractivity contribution in [2.45, 2.75) is 0 Å². The highest BCUT2D eigenvalue weighted by atomic mass is 16.4. The van der Waals surface area contributed by atoms with E-state index in [-0.39, 0.29) is 17.9 Å². The van der Waals surface area contributed by atoms with Crippen LogP contribution in [0.4, 0.5) is 5.69 Å². The Bertz CT molecular complexity index is 593. The van der Waals surface area contributed by atoms with Gasteiger partial charge in [0.1, 0.15) is 0 Å². The van der Waals surface area contributed by atoms with Gasteiger partial charge in [0.2, 0.25) is 0 Å². The summed E-state index contributed by atoms with van der Waals surface area (Å²) in [4.78, 5) is 22.8. The van der Waals surface area contributed by atoms with Crippen LogP contribution >= 0.6 is 0 Å². The predicted molar refractivity (Wildman–Crippen MR) is 70.0 cm³/mol. The van der Waals surface area contributed by atoms with Crippen molar-refractivity contribution >= 4 is 17.4 Å². The number of para-hydroxylation sites is 1. The summed E-state index contributed by atoms with van der Waals surface area (Å²) in [5.74, 6) is -1.37. The van der Waals surface area contributed by atoms with Gasteiger partial charge in [0, 0.05) is 16.8 Å². The van der Waals surface area contributed by atoms with Gasteiger partial charge in [0.25, 0.3) is 0 Å². The molecule has 0 saturated carbocycles. The first-order valence-electron chi connectivity index (χ1n) is 5.81. The second-order valence-corrected chi connectivity index (χ2v) is 3.98. The second-order valence-electron chi connectivity index (χ2n) is 3.98. The van der Waals surface area contributed by atoms with Gasteiger partial charge >= 0.3 is 0 Å². The lowest BCUT2D eigenvalue weighted by Crippen LogP contribution is -2.24. The summed E-state index contributed by atoms with van der Waals surface area (Å²) >= 11 is 0. The Morgan fingerprint density at radius 1 is 0.947 bits per heavy atom. The number of rotatable bonds is 5. The number of anilines is 1. The molecule has 19 heavy (non-hydrogen) atoms. The zero-order chi connectivity index (χ0) is 13.7. The summed E-state index contributed by atoms with van der Waals surface area (Å²) in [6.45, 7) is 0.0360. The Morgan fingerprint density at radius 3 is 2.26 bits per heavy atom. The van der Waals surface area contributed by atoms with Gasteiger partial charge < -0.3 is 15.2 Å². The molecule has 0 fully saturated rings. The Balaban J connectivity index is 2.07. The molecule has 0 radical (unpaired) electrons. The molecule has 0 aliphatic carbocycles. The van der Waals surface area contributed by atoms with E-state index in [1.807, 2.05) is 6.07 Å². The van der Waals surface area contributed by atoms with E-state index in [0.29, 0.717) is 11.3 Å². The number of nitrogens with one attached hydrogen (secondary N) is 1. The van der Waals surface area contributed by atoms with E-state index in [0.717, 1.165) is 0 Å². The molecule has 4 heteroatoms. The largest absolute Gasteiger partial charge is 0.545 e. The highest BCUT2D eigenvalue weighted by Gasteiger charge is 2.07. The minimum Gasteiger partial charge on any atom is -0.545 e. The van der Waals surface area contributed by atoms with Crippen molar-refractivity contribution in [1.82, 2.24) is 0 Å². The maximum atomic E-state index is 11.9. The standard InChI is InChI=1S/C15H13NO3/c17-14(11-6-2-1-3-7-11)10-16-13-9-5-4-8-12(13)15(18)19/h1-9,16H,10H2,(H,18,19)/p-1.